The number of rotatable bonds is 8. The molecule has 0 spiro atoms. The minimum atomic E-state index is -0.329. The van der Waals surface area contributed by atoms with Gasteiger partial charge in [0.15, 0.2) is 0 Å². The summed E-state index contributed by atoms with van der Waals surface area (Å²) >= 11 is 1.51. The monoisotopic (exact) mass is 371 g/mol. The fourth-order valence-electron chi connectivity index (χ4n) is 2.09. The van der Waals surface area contributed by atoms with Gasteiger partial charge in [0.25, 0.3) is 5.91 Å². The van der Waals surface area contributed by atoms with Crippen LogP contribution in [-0.4, -0.2) is 23.3 Å². The number of benzene rings is 1. The summed E-state index contributed by atoms with van der Waals surface area (Å²) in [5.41, 5.74) is 3.05. The summed E-state index contributed by atoms with van der Waals surface area (Å²) in [7, 11) is 0. The van der Waals surface area contributed by atoms with Crippen LogP contribution in [0.3, 0.4) is 0 Å². The van der Waals surface area contributed by atoms with E-state index < -0.39 is 0 Å². The van der Waals surface area contributed by atoms with Crippen LogP contribution in [-0.2, 0) is 17.9 Å². The summed E-state index contributed by atoms with van der Waals surface area (Å²) in [5, 5.41) is 7.15. The molecule has 2 N–H and O–H groups in total. The summed E-state index contributed by atoms with van der Waals surface area (Å²) in [5.74, 6) is 0.672. The predicted octanol–water partition coefficient (Wildman–Crippen LogP) is 2.36. The molecule has 8 heteroatoms. The molecule has 3 aromatic rings. The lowest BCUT2D eigenvalue weighted by Gasteiger charge is -2.07. The molecule has 0 aliphatic heterocycles. The molecule has 0 fully saturated rings. The van der Waals surface area contributed by atoms with Crippen molar-refractivity contribution in [1.82, 2.24) is 15.6 Å². The van der Waals surface area contributed by atoms with Crippen LogP contribution in [0.4, 0.5) is 0 Å². The second-order valence-electron chi connectivity index (χ2n) is 5.33. The fourth-order valence-corrected chi connectivity index (χ4v) is 2.64. The third-order valence-electron chi connectivity index (χ3n) is 3.44. The van der Waals surface area contributed by atoms with Crippen molar-refractivity contribution in [3.8, 4) is 5.75 Å². The highest BCUT2D eigenvalue weighted by Gasteiger charge is 2.09. The molecule has 0 bridgehead atoms. The largest absolute Gasteiger partial charge is 0.487 e. The first kappa shape index (κ1) is 17.7. The first-order valence-electron chi connectivity index (χ1n) is 7.88. The van der Waals surface area contributed by atoms with Crippen LogP contribution in [0.5, 0.6) is 5.75 Å². The average Bonchev–Trinajstić information content (AvgIpc) is 3.37. The van der Waals surface area contributed by atoms with Crippen molar-refractivity contribution in [3.05, 3.63) is 70.6 Å². The van der Waals surface area contributed by atoms with E-state index in [2.05, 4.69) is 15.6 Å². The quantitative estimate of drug-likeness (QED) is 0.634. The van der Waals surface area contributed by atoms with Gasteiger partial charge in [0.2, 0.25) is 5.91 Å². The Morgan fingerprint density at radius 1 is 1.15 bits per heavy atom. The molecule has 0 aliphatic carbocycles. The highest BCUT2D eigenvalue weighted by Crippen LogP contribution is 2.14. The minimum Gasteiger partial charge on any atom is -0.487 e. The van der Waals surface area contributed by atoms with E-state index in [1.165, 1.54) is 17.6 Å². The maximum Gasteiger partial charge on any atom is 0.251 e. The van der Waals surface area contributed by atoms with Gasteiger partial charge in [-0.25, -0.2) is 4.98 Å². The van der Waals surface area contributed by atoms with Crippen LogP contribution in [0.15, 0.2) is 58.0 Å². The van der Waals surface area contributed by atoms with Crippen LogP contribution in [0.1, 0.15) is 21.8 Å². The topological polar surface area (TPSA) is 93.5 Å². The Balaban J connectivity index is 1.41. The van der Waals surface area contributed by atoms with Crippen LogP contribution >= 0.6 is 11.3 Å². The molecular weight excluding hydrogens is 354 g/mol. The zero-order valence-electron chi connectivity index (χ0n) is 13.8. The van der Waals surface area contributed by atoms with E-state index >= 15 is 0 Å². The average molecular weight is 371 g/mol. The Morgan fingerprint density at radius 3 is 2.69 bits per heavy atom. The lowest BCUT2D eigenvalue weighted by molar-refractivity contribution is -0.120. The molecule has 0 atom stereocenters. The Hall–Kier alpha value is -3.13. The number of thiazole rings is 1. The molecule has 134 valence electrons. The third-order valence-corrected chi connectivity index (χ3v) is 4.07. The van der Waals surface area contributed by atoms with Crippen molar-refractivity contribution >= 4 is 23.2 Å². The predicted molar refractivity (Wildman–Crippen MR) is 95.8 cm³/mol. The third kappa shape index (κ3) is 5.18. The Bertz CT molecular complexity index is 830. The summed E-state index contributed by atoms with van der Waals surface area (Å²) in [6.07, 6.45) is 1.54. The van der Waals surface area contributed by atoms with Crippen LogP contribution in [0, 0.1) is 0 Å². The minimum absolute atomic E-state index is 0.110. The molecule has 0 aliphatic rings. The zero-order valence-corrected chi connectivity index (χ0v) is 14.6. The number of hydrogen-bond acceptors (Lipinski definition) is 6. The van der Waals surface area contributed by atoms with E-state index in [9.17, 15) is 9.59 Å². The Kier molecular flexibility index (Phi) is 6.00. The van der Waals surface area contributed by atoms with Crippen molar-refractivity contribution in [2.75, 3.05) is 6.54 Å². The van der Waals surface area contributed by atoms with E-state index in [0.29, 0.717) is 23.7 Å². The van der Waals surface area contributed by atoms with Gasteiger partial charge in [-0.05, 0) is 36.4 Å². The molecule has 2 aromatic heterocycles. The van der Waals surface area contributed by atoms with Gasteiger partial charge in [-0.2, -0.15) is 0 Å². The van der Waals surface area contributed by atoms with Crippen molar-refractivity contribution in [1.29, 1.82) is 0 Å². The summed E-state index contributed by atoms with van der Waals surface area (Å²) in [6, 6.07) is 10.2. The van der Waals surface area contributed by atoms with E-state index in [0.717, 1.165) is 5.69 Å². The summed E-state index contributed by atoms with van der Waals surface area (Å²) < 4.78 is 10.7. The highest BCUT2D eigenvalue weighted by molar-refractivity contribution is 7.07. The number of nitrogens with one attached hydrogen (secondary N) is 2. The maximum atomic E-state index is 12.1. The summed E-state index contributed by atoms with van der Waals surface area (Å²) in [6.45, 7) is 0.555. The molecule has 3 rings (SSSR count). The Labute approximate surface area is 154 Å². The number of carbonyl (C=O) groups excluding carboxylic acids is 2. The standard InChI is InChI=1S/C18H17N3O4S/c22-17(19-8-16-2-1-7-24-16)9-20-18(23)13-3-5-15(6-4-13)25-10-14-11-26-12-21-14/h1-7,11-12H,8-10H2,(H,19,22)(H,20,23). The van der Waals surface area contributed by atoms with E-state index in [4.69, 9.17) is 9.15 Å². The number of nitrogens with zero attached hydrogens (tertiary/aromatic N) is 1. The lowest BCUT2D eigenvalue weighted by Crippen LogP contribution is -2.36. The molecular formula is C18H17N3O4S. The van der Waals surface area contributed by atoms with Gasteiger partial charge in [0.05, 0.1) is 30.6 Å². The van der Waals surface area contributed by atoms with Gasteiger partial charge in [-0.1, -0.05) is 0 Å². The molecule has 2 heterocycles. The molecule has 2 amide bonds. The number of ether oxygens (including phenoxy) is 1. The lowest BCUT2D eigenvalue weighted by atomic mass is 10.2. The molecule has 0 saturated heterocycles. The van der Waals surface area contributed by atoms with E-state index in [1.54, 1.807) is 41.9 Å². The van der Waals surface area contributed by atoms with Gasteiger partial charge in [0.1, 0.15) is 18.1 Å². The molecule has 0 saturated carbocycles. The number of carbonyl (C=O) groups is 2. The van der Waals surface area contributed by atoms with Crippen LogP contribution < -0.4 is 15.4 Å². The van der Waals surface area contributed by atoms with Gasteiger partial charge in [-0.15, -0.1) is 11.3 Å². The van der Waals surface area contributed by atoms with Gasteiger partial charge in [-0.3, -0.25) is 9.59 Å². The summed E-state index contributed by atoms with van der Waals surface area (Å²) in [4.78, 5) is 27.9. The second kappa shape index (κ2) is 8.82. The van der Waals surface area contributed by atoms with Gasteiger partial charge >= 0.3 is 0 Å². The van der Waals surface area contributed by atoms with Crippen molar-refractivity contribution < 1.29 is 18.7 Å². The van der Waals surface area contributed by atoms with Crippen LogP contribution in [0.25, 0.3) is 0 Å². The second-order valence-corrected chi connectivity index (χ2v) is 6.05. The van der Waals surface area contributed by atoms with Gasteiger partial charge in [0, 0.05) is 10.9 Å². The number of aromatic nitrogens is 1. The van der Waals surface area contributed by atoms with Crippen molar-refractivity contribution in [2.45, 2.75) is 13.2 Å². The fraction of sp³-hybridized carbons (Fsp3) is 0.167. The van der Waals surface area contributed by atoms with Crippen LogP contribution in [0.2, 0.25) is 0 Å². The molecule has 0 radical (unpaired) electrons. The van der Waals surface area contributed by atoms with Crippen molar-refractivity contribution in [2.24, 2.45) is 0 Å². The SMILES string of the molecule is O=C(CNC(=O)c1ccc(OCc2cscn2)cc1)NCc1ccco1. The number of furan rings is 1. The molecule has 7 nitrogen and oxygen atoms in total. The van der Waals surface area contributed by atoms with Crippen molar-refractivity contribution in [3.63, 3.8) is 0 Å². The first-order valence-corrected chi connectivity index (χ1v) is 8.82. The van der Waals surface area contributed by atoms with E-state index in [-0.39, 0.29) is 24.9 Å². The Morgan fingerprint density at radius 2 is 2.00 bits per heavy atom. The number of amides is 2. The first-order chi connectivity index (χ1) is 12.7. The maximum absolute atomic E-state index is 12.1. The molecule has 26 heavy (non-hydrogen) atoms. The molecule has 0 unspecified atom stereocenters. The van der Waals surface area contributed by atoms with Gasteiger partial charge < -0.3 is 19.8 Å². The molecule has 1 aromatic carbocycles. The number of hydrogen-bond donors (Lipinski definition) is 2. The van der Waals surface area contributed by atoms with E-state index in [1.807, 2.05) is 5.38 Å². The smallest absolute Gasteiger partial charge is 0.251 e. The normalized spacial score (nSPS) is 10.3. The highest BCUT2D eigenvalue weighted by atomic mass is 32.1. The zero-order chi connectivity index (χ0) is 18.2.